The smallest absolute Gasteiger partial charge is 0.251 e. The van der Waals surface area contributed by atoms with Gasteiger partial charge in [0, 0.05) is 11.4 Å². The van der Waals surface area contributed by atoms with Crippen LogP contribution in [0.1, 0.15) is 43.9 Å². The predicted molar refractivity (Wildman–Crippen MR) is 102 cm³/mol. The third-order valence-electron chi connectivity index (χ3n) is 4.46. The molecule has 1 aliphatic rings. The van der Waals surface area contributed by atoms with E-state index in [9.17, 15) is 4.79 Å². The molecule has 2 aromatic rings. The Kier molecular flexibility index (Phi) is 4.38. The monoisotopic (exact) mass is 434 g/mol. The van der Waals surface area contributed by atoms with E-state index in [4.69, 9.17) is 6.57 Å². The highest BCUT2D eigenvalue weighted by atomic mass is 127. The third kappa shape index (κ3) is 3.05. The lowest BCUT2D eigenvalue weighted by Crippen LogP contribution is -2.41. The Hall–Kier alpha value is -1.88. The van der Waals surface area contributed by atoms with Crippen molar-refractivity contribution in [2.75, 3.05) is 5.32 Å². The van der Waals surface area contributed by atoms with Gasteiger partial charge < -0.3 is 5.32 Å². The van der Waals surface area contributed by atoms with Gasteiger partial charge in [0.1, 0.15) is 5.54 Å². The first-order valence-corrected chi connectivity index (χ1v) is 8.96. The van der Waals surface area contributed by atoms with Crippen molar-refractivity contribution in [2.45, 2.75) is 45.1 Å². The lowest BCUT2D eigenvalue weighted by atomic mass is 10.0. The Morgan fingerprint density at radius 3 is 2.71 bits per heavy atom. The van der Waals surface area contributed by atoms with Crippen LogP contribution in [-0.4, -0.2) is 15.7 Å². The fourth-order valence-electron chi connectivity index (χ4n) is 2.79. The van der Waals surface area contributed by atoms with Crippen LogP contribution in [0.2, 0.25) is 0 Å². The number of hydrogen-bond acceptors (Lipinski definition) is 2. The van der Waals surface area contributed by atoms with Crippen LogP contribution >= 0.6 is 22.6 Å². The van der Waals surface area contributed by atoms with E-state index in [0.717, 1.165) is 33.4 Å². The third-order valence-corrected chi connectivity index (χ3v) is 5.52. The second kappa shape index (κ2) is 6.20. The van der Waals surface area contributed by atoms with E-state index < -0.39 is 5.54 Å². The zero-order valence-corrected chi connectivity index (χ0v) is 16.1. The lowest BCUT2D eigenvalue weighted by Gasteiger charge is -2.26. The van der Waals surface area contributed by atoms with Gasteiger partial charge in [-0.1, -0.05) is 12.1 Å². The highest BCUT2D eigenvalue weighted by Gasteiger charge is 2.34. The van der Waals surface area contributed by atoms with Gasteiger partial charge in [-0.3, -0.25) is 9.48 Å². The summed E-state index contributed by atoms with van der Waals surface area (Å²) >= 11 is 2.22. The summed E-state index contributed by atoms with van der Waals surface area (Å²) in [6.45, 7) is 12.9. The molecule has 1 aromatic carbocycles. The van der Waals surface area contributed by atoms with E-state index in [-0.39, 0.29) is 5.91 Å². The summed E-state index contributed by atoms with van der Waals surface area (Å²) in [5.74, 6) is 0.347. The number of anilines is 1. The molecule has 3 rings (SSSR count). The highest BCUT2D eigenvalue weighted by molar-refractivity contribution is 14.1. The molecule has 124 valence electrons. The maximum atomic E-state index is 12.9. The molecule has 1 aromatic heterocycles. The average molecular weight is 434 g/mol. The zero-order valence-electron chi connectivity index (χ0n) is 13.9. The normalized spacial score (nSPS) is 14.3. The summed E-state index contributed by atoms with van der Waals surface area (Å²) < 4.78 is 2.79. The number of carbonyl (C=O) groups is 1. The van der Waals surface area contributed by atoms with Gasteiger partial charge >= 0.3 is 0 Å². The van der Waals surface area contributed by atoms with Gasteiger partial charge in [0.15, 0.2) is 5.69 Å². The summed E-state index contributed by atoms with van der Waals surface area (Å²) in [4.78, 5) is 16.4. The second-order valence-corrected chi connectivity index (χ2v) is 7.82. The molecule has 1 N–H and O–H groups in total. The molecule has 1 saturated carbocycles. The van der Waals surface area contributed by atoms with E-state index in [1.165, 1.54) is 0 Å². The van der Waals surface area contributed by atoms with E-state index in [1.807, 2.05) is 32.9 Å². The summed E-state index contributed by atoms with van der Waals surface area (Å²) in [6, 6.07) is 5.49. The maximum absolute atomic E-state index is 12.9. The standard InChI is InChI=1S/C18H19IN4O/c1-11-15(19)10-21-23(11)18(2,3)17(24)22-16-8-7-13(20-4)9-14(16)12-5-6-12/h7-10,12H,5-6H2,1-3H3,(H,22,24). The molecule has 0 aliphatic heterocycles. The lowest BCUT2D eigenvalue weighted by molar-refractivity contribution is -0.123. The van der Waals surface area contributed by atoms with E-state index in [2.05, 4.69) is 37.9 Å². The number of halogens is 1. The Morgan fingerprint density at radius 1 is 1.46 bits per heavy atom. The van der Waals surface area contributed by atoms with Crippen LogP contribution in [0.5, 0.6) is 0 Å². The van der Waals surface area contributed by atoms with Crippen LogP contribution in [0.4, 0.5) is 11.4 Å². The largest absolute Gasteiger partial charge is 0.324 e. The number of aromatic nitrogens is 2. The van der Waals surface area contributed by atoms with Crippen LogP contribution in [0.25, 0.3) is 4.85 Å². The average Bonchev–Trinajstić information content (AvgIpc) is 3.34. The van der Waals surface area contributed by atoms with Crippen molar-refractivity contribution in [3.63, 3.8) is 0 Å². The number of benzene rings is 1. The Morgan fingerprint density at radius 2 is 2.17 bits per heavy atom. The number of nitrogens with one attached hydrogen (secondary N) is 1. The van der Waals surface area contributed by atoms with Crippen LogP contribution in [0, 0.1) is 17.1 Å². The van der Waals surface area contributed by atoms with Crippen LogP contribution < -0.4 is 5.32 Å². The minimum Gasteiger partial charge on any atom is -0.324 e. The number of nitrogens with zero attached hydrogens (tertiary/aromatic N) is 3. The molecule has 5 nitrogen and oxygen atoms in total. The number of carbonyl (C=O) groups excluding carboxylic acids is 1. The van der Waals surface area contributed by atoms with Crippen molar-refractivity contribution in [1.29, 1.82) is 0 Å². The topological polar surface area (TPSA) is 51.3 Å². The maximum Gasteiger partial charge on any atom is 0.251 e. The van der Waals surface area contributed by atoms with Crippen LogP contribution in [-0.2, 0) is 10.3 Å². The predicted octanol–water partition coefficient (Wildman–Crippen LogP) is 4.60. The summed E-state index contributed by atoms with van der Waals surface area (Å²) in [5.41, 5.74) is 2.67. The molecule has 1 aliphatic carbocycles. The molecule has 0 bridgehead atoms. The Balaban J connectivity index is 1.90. The first-order valence-electron chi connectivity index (χ1n) is 7.88. The molecule has 1 fully saturated rings. The van der Waals surface area contributed by atoms with Crippen molar-refractivity contribution < 1.29 is 4.79 Å². The molecule has 0 saturated heterocycles. The van der Waals surface area contributed by atoms with Gasteiger partial charge in [-0.05, 0) is 73.8 Å². The molecule has 1 heterocycles. The van der Waals surface area contributed by atoms with E-state index in [0.29, 0.717) is 11.6 Å². The molecule has 0 atom stereocenters. The van der Waals surface area contributed by atoms with Crippen molar-refractivity contribution in [3.8, 4) is 0 Å². The molecular weight excluding hydrogens is 415 g/mol. The van der Waals surface area contributed by atoms with E-state index >= 15 is 0 Å². The fraction of sp³-hybridized carbons (Fsp3) is 0.389. The van der Waals surface area contributed by atoms with Crippen molar-refractivity contribution in [2.24, 2.45) is 0 Å². The van der Waals surface area contributed by atoms with Gasteiger partial charge in [-0.2, -0.15) is 5.10 Å². The molecule has 0 spiro atoms. The van der Waals surface area contributed by atoms with Crippen molar-refractivity contribution in [3.05, 3.63) is 50.6 Å². The summed E-state index contributed by atoms with van der Waals surface area (Å²) in [7, 11) is 0. The summed E-state index contributed by atoms with van der Waals surface area (Å²) in [6.07, 6.45) is 4.00. The van der Waals surface area contributed by atoms with Crippen LogP contribution in [0.3, 0.4) is 0 Å². The highest BCUT2D eigenvalue weighted by Crippen LogP contribution is 2.45. The second-order valence-electron chi connectivity index (χ2n) is 6.66. The Bertz CT molecular complexity index is 843. The van der Waals surface area contributed by atoms with E-state index in [1.54, 1.807) is 16.9 Å². The minimum atomic E-state index is -0.799. The number of rotatable bonds is 4. The van der Waals surface area contributed by atoms with Crippen molar-refractivity contribution >= 4 is 39.9 Å². The molecular formula is C18H19IN4O. The van der Waals surface area contributed by atoms with Crippen LogP contribution in [0.15, 0.2) is 24.4 Å². The molecule has 24 heavy (non-hydrogen) atoms. The molecule has 0 radical (unpaired) electrons. The molecule has 1 amide bonds. The molecule has 6 heteroatoms. The quantitative estimate of drug-likeness (QED) is 0.565. The van der Waals surface area contributed by atoms with Gasteiger partial charge in [0.25, 0.3) is 5.91 Å². The Labute approximate surface area is 155 Å². The van der Waals surface area contributed by atoms with Gasteiger partial charge in [0.05, 0.1) is 16.3 Å². The summed E-state index contributed by atoms with van der Waals surface area (Å²) in [5, 5.41) is 7.41. The SMILES string of the molecule is [C-]#[N+]c1ccc(NC(=O)C(C)(C)n2ncc(I)c2C)c(C2CC2)c1. The van der Waals surface area contributed by atoms with Gasteiger partial charge in [0.2, 0.25) is 0 Å². The first kappa shape index (κ1) is 17.0. The number of amides is 1. The molecule has 0 unspecified atom stereocenters. The van der Waals surface area contributed by atoms with Crippen molar-refractivity contribution in [1.82, 2.24) is 9.78 Å². The first-order chi connectivity index (χ1) is 11.3. The van der Waals surface area contributed by atoms with Gasteiger partial charge in [-0.15, -0.1) is 0 Å². The zero-order chi connectivity index (χ0) is 17.5. The number of hydrogen-bond donors (Lipinski definition) is 1. The minimum absolute atomic E-state index is 0.109. The fourth-order valence-corrected chi connectivity index (χ4v) is 3.14. The van der Waals surface area contributed by atoms with Gasteiger partial charge in [-0.25, -0.2) is 4.85 Å².